The number of hydrogen-bond acceptors (Lipinski definition) is 6. The molecule has 0 bridgehead atoms. The summed E-state index contributed by atoms with van der Waals surface area (Å²) >= 11 is 3.58. The summed E-state index contributed by atoms with van der Waals surface area (Å²) in [4.78, 5) is 14.5. The number of anilines is 6. The lowest BCUT2D eigenvalue weighted by molar-refractivity contribution is 0.862. The van der Waals surface area contributed by atoms with Gasteiger partial charge in [-0.2, -0.15) is 0 Å². The molecular formula is C56H40N4S2. The third-order valence-electron chi connectivity index (χ3n) is 11.4. The number of thiazole rings is 1. The van der Waals surface area contributed by atoms with Gasteiger partial charge in [0.2, 0.25) is 0 Å². The zero-order chi connectivity index (χ0) is 41.2. The van der Waals surface area contributed by atoms with Gasteiger partial charge in [0.1, 0.15) is 5.01 Å². The molecule has 0 amide bonds. The van der Waals surface area contributed by atoms with Crippen LogP contribution in [0.5, 0.6) is 0 Å². The average molecular weight is 833 g/mol. The van der Waals surface area contributed by atoms with E-state index in [1.807, 2.05) is 17.8 Å². The van der Waals surface area contributed by atoms with Crippen LogP contribution in [0.3, 0.4) is 0 Å². The first kappa shape index (κ1) is 37.7. The summed E-state index contributed by atoms with van der Waals surface area (Å²) < 4.78 is 1.20. The summed E-state index contributed by atoms with van der Waals surface area (Å²) in [6, 6.07) is 73.9. The van der Waals surface area contributed by atoms with Crippen molar-refractivity contribution in [3.05, 3.63) is 236 Å². The van der Waals surface area contributed by atoms with Crippen LogP contribution in [0.25, 0.3) is 43.0 Å². The van der Waals surface area contributed by atoms with Crippen molar-refractivity contribution in [2.75, 3.05) is 9.80 Å². The smallest absolute Gasteiger partial charge is 0.124 e. The molecule has 2 unspecified atom stereocenters. The van der Waals surface area contributed by atoms with Crippen molar-refractivity contribution >= 4 is 72.5 Å². The molecular weight excluding hydrogens is 793 g/mol. The highest BCUT2D eigenvalue weighted by atomic mass is 32.2. The lowest BCUT2D eigenvalue weighted by atomic mass is 9.99. The molecule has 0 fully saturated rings. The van der Waals surface area contributed by atoms with E-state index < -0.39 is 0 Å². The molecule has 9 aromatic rings. The molecule has 296 valence electrons. The van der Waals surface area contributed by atoms with Crippen LogP contribution in [0.15, 0.2) is 236 Å². The number of allylic oxidation sites excluding steroid dienone is 2. The highest BCUT2D eigenvalue weighted by Crippen LogP contribution is 2.40. The standard InChI is InChI=1S/C56H40N4S2/c1-3-11-45(12-4-1)59(49-35-27-43(28-36-49)55-57-51-15-7-9-17-53(51)61-55)47-31-23-41(24-32-47)39-19-21-40(22-20-39)42-25-33-48(34-26-42)60(46-13-5-2-6-14-46)50-37-29-44(30-38-50)56-58-52-16-8-10-18-54(52)62-56/h1-38,51,53H. The average Bonchev–Trinajstić information content (AvgIpc) is 3.99. The minimum absolute atomic E-state index is 0.228. The molecule has 2 aliphatic rings. The van der Waals surface area contributed by atoms with Gasteiger partial charge in [-0.1, -0.05) is 145 Å². The number of nitrogens with zero attached hydrogens (tertiary/aromatic N) is 4. The van der Waals surface area contributed by atoms with Crippen LogP contribution in [0.4, 0.5) is 34.1 Å². The fourth-order valence-corrected chi connectivity index (χ4v) is 10.4. The quantitative estimate of drug-likeness (QED) is 0.137. The highest BCUT2D eigenvalue weighted by Gasteiger charge is 2.28. The van der Waals surface area contributed by atoms with Gasteiger partial charge in [0, 0.05) is 45.3 Å². The summed E-state index contributed by atoms with van der Waals surface area (Å²) in [5.74, 6) is 0. The van der Waals surface area contributed by atoms with Gasteiger partial charge in [-0.05, 0) is 119 Å². The lowest BCUT2D eigenvalue weighted by Crippen LogP contribution is -2.13. The van der Waals surface area contributed by atoms with Crippen LogP contribution in [-0.2, 0) is 0 Å². The van der Waals surface area contributed by atoms with Gasteiger partial charge in [0.15, 0.2) is 0 Å². The Bertz CT molecular complexity index is 3030. The summed E-state index contributed by atoms with van der Waals surface area (Å²) in [7, 11) is 0. The molecule has 4 nitrogen and oxygen atoms in total. The van der Waals surface area contributed by atoms with Gasteiger partial charge < -0.3 is 9.80 Å². The van der Waals surface area contributed by atoms with E-state index in [4.69, 9.17) is 9.98 Å². The van der Waals surface area contributed by atoms with Crippen LogP contribution < -0.4 is 9.80 Å². The van der Waals surface area contributed by atoms with E-state index in [9.17, 15) is 0 Å². The maximum absolute atomic E-state index is 5.00. The Hall–Kier alpha value is -7.25. The Kier molecular flexibility index (Phi) is 10.1. The van der Waals surface area contributed by atoms with Crippen molar-refractivity contribution < 1.29 is 0 Å². The van der Waals surface area contributed by atoms with Crippen LogP contribution in [0, 0.1) is 0 Å². The molecule has 0 saturated heterocycles. The highest BCUT2D eigenvalue weighted by molar-refractivity contribution is 8.15. The topological polar surface area (TPSA) is 31.7 Å². The molecule has 0 saturated carbocycles. The minimum Gasteiger partial charge on any atom is -0.311 e. The minimum atomic E-state index is 0.228. The van der Waals surface area contributed by atoms with E-state index in [1.165, 1.54) is 27.0 Å². The van der Waals surface area contributed by atoms with Crippen LogP contribution >= 0.6 is 23.1 Å². The van der Waals surface area contributed by atoms with Crippen molar-refractivity contribution in [1.82, 2.24) is 4.98 Å². The first-order valence-electron chi connectivity index (χ1n) is 20.9. The number of benzene rings is 8. The van der Waals surface area contributed by atoms with Gasteiger partial charge in [0.25, 0.3) is 0 Å². The van der Waals surface area contributed by atoms with Crippen molar-refractivity contribution in [2.45, 2.75) is 11.3 Å². The third kappa shape index (κ3) is 7.55. The van der Waals surface area contributed by atoms with E-state index in [-0.39, 0.29) is 6.04 Å². The SMILES string of the molecule is C1=CC2N=C(c3ccc(N(c4ccccc4)c4ccc(-c5ccc(-c6ccc(N(c7ccccc7)c7ccc(-c8nc9ccccc9s8)cc7)cc6)cc5)cc4)cc3)SC2C=C1. The van der Waals surface area contributed by atoms with Gasteiger partial charge in [-0.3, -0.25) is 4.99 Å². The summed E-state index contributed by atoms with van der Waals surface area (Å²) in [5, 5.41) is 2.53. The maximum Gasteiger partial charge on any atom is 0.124 e. The molecule has 6 heteroatoms. The predicted molar refractivity (Wildman–Crippen MR) is 265 cm³/mol. The Morgan fingerprint density at radius 1 is 0.371 bits per heavy atom. The summed E-state index contributed by atoms with van der Waals surface area (Å²) in [6.45, 7) is 0. The Morgan fingerprint density at radius 2 is 0.774 bits per heavy atom. The molecule has 1 aromatic heterocycles. The molecule has 0 radical (unpaired) electrons. The number of aliphatic imine (C=N–C) groups is 1. The molecule has 1 aliphatic carbocycles. The summed E-state index contributed by atoms with van der Waals surface area (Å²) in [5.41, 5.74) is 14.6. The number of aromatic nitrogens is 1. The normalized spacial score (nSPS) is 15.3. The second-order valence-corrected chi connectivity index (χ2v) is 17.6. The Labute approximate surface area is 370 Å². The predicted octanol–water partition coefficient (Wildman–Crippen LogP) is 15.6. The second kappa shape index (κ2) is 16.7. The van der Waals surface area contributed by atoms with Gasteiger partial charge in [-0.15, -0.1) is 11.3 Å². The van der Waals surface area contributed by atoms with Crippen LogP contribution in [-0.4, -0.2) is 21.3 Å². The number of fused-ring (bicyclic) bond motifs is 2. The van der Waals surface area contributed by atoms with Crippen molar-refractivity contribution in [2.24, 2.45) is 4.99 Å². The van der Waals surface area contributed by atoms with Crippen LogP contribution in [0.1, 0.15) is 5.56 Å². The fourth-order valence-electron chi connectivity index (χ4n) is 8.25. The van der Waals surface area contributed by atoms with Gasteiger partial charge in [-0.25, -0.2) is 4.98 Å². The molecule has 2 atom stereocenters. The fraction of sp³-hybridized carbons (Fsp3) is 0.0357. The van der Waals surface area contributed by atoms with Crippen molar-refractivity contribution in [3.63, 3.8) is 0 Å². The molecule has 1 aliphatic heterocycles. The molecule has 0 N–H and O–H groups in total. The zero-order valence-electron chi connectivity index (χ0n) is 33.7. The molecule has 62 heavy (non-hydrogen) atoms. The maximum atomic E-state index is 5.00. The second-order valence-electron chi connectivity index (χ2n) is 15.4. The molecule has 2 heterocycles. The Morgan fingerprint density at radius 3 is 1.26 bits per heavy atom. The van der Waals surface area contributed by atoms with Crippen molar-refractivity contribution in [3.8, 4) is 32.8 Å². The third-order valence-corrected chi connectivity index (χ3v) is 13.8. The first-order valence-corrected chi connectivity index (χ1v) is 22.6. The summed E-state index contributed by atoms with van der Waals surface area (Å²) in [6.07, 6.45) is 8.67. The zero-order valence-corrected chi connectivity index (χ0v) is 35.3. The number of hydrogen-bond donors (Lipinski definition) is 0. The number of para-hydroxylation sites is 3. The molecule has 0 spiro atoms. The van der Waals surface area contributed by atoms with E-state index in [2.05, 4.69) is 234 Å². The van der Waals surface area contributed by atoms with Crippen LogP contribution in [0.2, 0.25) is 0 Å². The molecule has 11 rings (SSSR count). The van der Waals surface area contributed by atoms with E-state index >= 15 is 0 Å². The number of rotatable bonds is 10. The number of thioether (sulfide) groups is 1. The Balaban J connectivity index is 0.817. The largest absolute Gasteiger partial charge is 0.311 e. The lowest BCUT2D eigenvalue weighted by Gasteiger charge is -2.26. The van der Waals surface area contributed by atoms with Gasteiger partial charge >= 0.3 is 0 Å². The first-order chi connectivity index (χ1) is 30.7. The van der Waals surface area contributed by atoms with E-state index in [0.717, 1.165) is 60.8 Å². The van der Waals surface area contributed by atoms with E-state index in [1.54, 1.807) is 11.3 Å². The van der Waals surface area contributed by atoms with Crippen molar-refractivity contribution in [1.29, 1.82) is 0 Å². The molecule has 8 aromatic carbocycles. The van der Waals surface area contributed by atoms with E-state index in [0.29, 0.717) is 5.25 Å². The van der Waals surface area contributed by atoms with Gasteiger partial charge in [0.05, 0.1) is 26.6 Å². The monoisotopic (exact) mass is 832 g/mol.